The van der Waals surface area contributed by atoms with Gasteiger partial charge in [-0.1, -0.05) is 6.07 Å². The van der Waals surface area contributed by atoms with Crippen LogP contribution in [0.4, 0.5) is 0 Å². The summed E-state index contributed by atoms with van der Waals surface area (Å²) in [7, 11) is 1.87. The van der Waals surface area contributed by atoms with Crippen molar-refractivity contribution in [2.24, 2.45) is 0 Å². The maximum atomic E-state index is 13.1. The predicted molar refractivity (Wildman–Crippen MR) is 150 cm³/mol. The Morgan fingerprint density at radius 3 is 2.00 bits per heavy atom. The van der Waals surface area contributed by atoms with E-state index in [0.29, 0.717) is 59.5 Å². The normalized spacial score (nSPS) is 16.4. The van der Waals surface area contributed by atoms with Gasteiger partial charge in [0.1, 0.15) is 11.8 Å². The minimum Gasteiger partial charge on any atom is -0.483 e. The van der Waals surface area contributed by atoms with E-state index in [4.69, 9.17) is 28.4 Å². The van der Waals surface area contributed by atoms with E-state index in [1.165, 1.54) is 18.2 Å². The summed E-state index contributed by atoms with van der Waals surface area (Å²) >= 11 is 0. The van der Waals surface area contributed by atoms with Gasteiger partial charge in [-0.3, -0.25) is 34.2 Å². The molecule has 0 saturated carbocycles. The van der Waals surface area contributed by atoms with E-state index in [1.54, 1.807) is 0 Å². The number of nitrogens with one attached hydrogen (secondary N) is 3. The van der Waals surface area contributed by atoms with Crippen LogP contribution in [-0.4, -0.2) is 133 Å². The molecule has 15 nitrogen and oxygen atoms in total. The molecule has 2 heterocycles. The lowest BCUT2D eigenvalue weighted by Gasteiger charge is -2.27. The van der Waals surface area contributed by atoms with Crippen molar-refractivity contribution >= 4 is 29.5 Å². The Hall–Kier alpha value is -3.47. The lowest BCUT2D eigenvalue weighted by Crippen LogP contribution is -2.54. The number of benzene rings is 1. The first kappa shape index (κ1) is 34.0. The molecule has 1 aromatic carbocycles. The lowest BCUT2D eigenvalue weighted by molar-refractivity contribution is -0.136. The first-order chi connectivity index (χ1) is 20.9. The Balaban J connectivity index is 1.21. The van der Waals surface area contributed by atoms with E-state index >= 15 is 0 Å². The van der Waals surface area contributed by atoms with Gasteiger partial charge in [0, 0.05) is 19.5 Å². The number of imide groups is 2. The number of carbonyl (C=O) groups excluding carboxylic acids is 5. The highest BCUT2D eigenvalue weighted by Gasteiger charge is 2.46. The van der Waals surface area contributed by atoms with Gasteiger partial charge in [-0.2, -0.15) is 0 Å². The van der Waals surface area contributed by atoms with Gasteiger partial charge in [-0.25, -0.2) is 0 Å². The number of hydrogen-bond acceptors (Lipinski definition) is 12. The molecule has 15 heteroatoms. The van der Waals surface area contributed by atoms with Crippen molar-refractivity contribution < 1.29 is 52.4 Å². The number of carbonyl (C=O) groups is 5. The molecule has 1 saturated heterocycles. The minimum atomic E-state index is -1.09. The van der Waals surface area contributed by atoms with Crippen LogP contribution in [0.3, 0.4) is 0 Å². The molecule has 2 aliphatic rings. The topological polar surface area (TPSA) is 180 Å². The molecular formula is C28H40N4O11. The quantitative estimate of drug-likeness (QED) is 0.107. The van der Waals surface area contributed by atoms with Crippen LogP contribution in [0.25, 0.3) is 0 Å². The molecule has 43 heavy (non-hydrogen) atoms. The predicted octanol–water partition coefficient (Wildman–Crippen LogP) is -1.11. The van der Waals surface area contributed by atoms with Crippen molar-refractivity contribution in [2.45, 2.75) is 18.9 Å². The van der Waals surface area contributed by atoms with Crippen molar-refractivity contribution in [3.05, 3.63) is 29.3 Å². The maximum absolute atomic E-state index is 13.1. The number of rotatable bonds is 22. The maximum Gasteiger partial charge on any atom is 0.266 e. The Morgan fingerprint density at radius 1 is 0.837 bits per heavy atom. The van der Waals surface area contributed by atoms with Gasteiger partial charge in [0.2, 0.25) is 11.8 Å². The molecule has 5 amide bonds. The van der Waals surface area contributed by atoms with E-state index in [1.807, 2.05) is 7.05 Å². The van der Waals surface area contributed by atoms with Gasteiger partial charge in [0.05, 0.1) is 77.2 Å². The van der Waals surface area contributed by atoms with Crippen molar-refractivity contribution in [2.75, 3.05) is 92.8 Å². The molecule has 238 valence electrons. The third kappa shape index (κ3) is 10.9. The van der Waals surface area contributed by atoms with Crippen molar-refractivity contribution in [3.63, 3.8) is 0 Å². The third-order valence-electron chi connectivity index (χ3n) is 6.34. The molecule has 0 spiro atoms. The van der Waals surface area contributed by atoms with Crippen molar-refractivity contribution in [1.82, 2.24) is 20.9 Å². The first-order valence-electron chi connectivity index (χ1n) is 14.2. The van der Waals surface area contributed by atoms with Gasteiger partial charge in [0.25, 0.3) is 17.7 Å². The molecule has 0 aliphatic carbocycles. The molecule has 1 atom stereocenters. The van der Waals surface area contributed by atoms with Gasteiger partial charge in [-0.15, -0.1) is 0 Å². The summed E-state index contributed by atoms with van der Waals surface area (Å²) in [6.45, 7) is 5.20. The Kier molecular flexibility index (Phi) is 15.0. The Labute approximate surface area is 249 Å². The fourth-order valence-corrected chi connectivity index (χ4v) is 4.22. The summed E-state index contributed by atoms with van der Waals surface area (Å²) in [4.78, 5) is 62.7. The van der Waals surface area contributed by atoms with E-state index in [-0.39, 0.29) is 42.9 Å². The molecule has 0 aromatic heterocycles. The van der Waals surface area contributed by atoms with Crippen LogP contribution < -0.4 is 20.7 Å². The summed E-state index contributed by atoms with van der Waals surface area (Å²) in [5, 5.41) is 7.79. The fourth-order valence-electron chi connectivity index (χ4n) is 4.22. The molecule has 2 aliphatic heterocycles. The van der Waals surface area contributed by atoms with Crippen molar-refractivity contribution in [1.29, 1.82) is 0 Å². The molecule has 0 radical (unpaired) electrons. The van der Waals surface area contributed by atoms with Crippen LogP contribution in [0.5, 0.6) is 5.75 Å². The second kappa shape index (κ2) is 18.9. The third-order valence-corrected chi connectivity index (χ3v) is 6.34. The van der Waals surface area contributed by atoms with Gasteiger partial charge in [-0.05, 0) is 25.6 Å². The van der Waals surface area contributed by atoms with Crippen molar-refractivity contribution in [3.8, 4) is 5.75 Å². The van der Waals surface area contributed by atoms with Crippen LogP contribution in [0.15, 0.2) is 18.2 Å². The molecule has 1 fully saturated rings. The monoisotopic (exact) mass is 608 g/mol. The second-order valence-electron chi connectivity index (χ2n) is 9.43. The standard InChI is InChI=1S/C28H40N4O11/c1-29-7-9-38-11-13-40-15-17-42-18-16-41-14-12-39-10-8-30-24(34)19-43-22-4-2-3-20-25(22)28(37)32(27(20)36)21-5-6-23(33)31-26(21)35/h2-4,21,29H,5-19H2,1H3,(H,30,34)(H,31,33,35). The summed E-state index contributed by atoms with van der Waals surface area (Å²) in [5.74, 6) is -2.91. The van der Waals surface area contributed by atoms with Gasteiger partial charge in [0.15, 0.2) is 6.61 Å². The Bertz CT molecular complexity index is 1100. The lowest BCUT2D eigenvalue weighted by atomic mass is 10.0. The number of nitrogens with zero attached hydrogens (tertiary/aromatic N) is 1. The number of ether oxygens (including phenoxy) is 6. The largest absolute Gasteiger partial charge is 0.483 e. The molecule has 3 rings (SSSR count). The van der Waals surface area contributed by atoms with Gasteiger partial charge < -0.3 is 39.1 Å². The van der Waals surface area contributed by atoms with Crippen LogP contribution in [-0.2, 0) is 38.1 Å². The molecule has 1 unspecified atom stereocenters. The van der Waals surface area contributed by atoms with E-state index < -0.39 is 42.2 Å². The zero-order valence-corrected chi connectivity index (χ0v) is 24.4. The zero-order chi connectivity index (χ0) is 30.9. The highest BCUT2D eigenvalue weighted by Crippen LogP contribution is 2.33. The highest BCUT2D eigenvalue weighted by atomic mass is 16.6. The summed E-state index contributed by atoms with van der Waals surface area (Å²) in [5.41, 5.74) is 0.0505. The molecule has 1 aromatic rings. The second-order valence-corrected chi connectivity index (χ2v) is 9.43. The first-order valence-corrected chi connectivity index (χ1v) is 14.2. The average molecular weight is 609 g/mol. The van der Waals surface area contributed by atoms with Gasteiger partial charge >= 0.3 is 0 Å². The van der Waals surface area contributed by atoms with Crippen LogP contribution in [0, 0.1) is 0 Å². The van der Waals surface area contributed by atoms with E-state index in [0.717, 1.165) is 11.4 Å². The molecular weight excluding hydrogens is 568 g/mol. The number of amides is 5. The zero-order valence-electron chi connectivity index (χ0n) is 24.4. The SMILES string of the molecule is CNCCOCCOCCOCCOCCOCCNC(=O)COc1cccc2c1C(=O)N(C1CCC(=O)NC1=O)C2=O. The smallest absolute Gasteiger partial charge is 0.266 e. The van der Waals surface area contributed by atoms with Crippen LogP contribution in [0.2, 0.25) is 0 Å². The fraction of sp³-hybridized carbons (Fsp3) is 0.607. The number of likely N-dealkylation sites (N-methyl/N-ethyl adjacent to an activating group) is 1. The van der Waals surface area contributed by atoms with E-state index in [2.05, 4.69) is 16.0 Å². The Morgan fingerprint density at radius 2 is 1.42 bits per heavy atom. The summed E-state index contributed by atoms with van der Waals surface area (Å²) in [6, 6.07) is 3.35. The van der Waals surface area contributed by atoms with Crippen LogP contribution >= 0.6 is 0 Å². The summed E-state index contributed by atoms with van der Waals surface area (Å²) in [6.07, 6.45) is 0.0621. The molecule has 3 N–H and O–H groups in total. The number of hydrogen-bond donors (Lipinski definition) is 3. The average Bonchev–Trinajstić information content (AvgIpc) is 3.25. The molecule has 0 bridgehead atoms. The van der Waals surface area contributed by atoms with E-state index in [9.17, 15) is 24.0 Å². The van der Waals surface area contributed by atoms with Crippen LogP contribution in [0.1, 0.15) is 33.6 Å². The number of piperidine rings is 1. The minimum absolute atomic E-state index is 0.0183. The highest BCUT2D eigenvalue weighted by molar-refractivity contribution is 6.24. The number of fused-ring (bicyclic) bond motifs is 1. The summed E-state index contributed by atoms with van der Waals surface area (Å²) < 4.78 is 32.5.